The number of hydrogen-bond acceptors (Lipinski definition) is 2. The molecule has 0 aliphatic heterocycles. The van der Waals surface area contributed by atoms with E-state index in [1.54, 1.807) is 0 Å². The lowest BCUT2D eigenvalue weighted by atomic mass is 9.73. The minimum atomic E-state index is 0.736. The molecule has 0 spiro atoms. The van der Waals surface area contributed by atoms with Gasteiger partial charge < -0.3 is 10.2 Å². The van der Waals surface area contributed by atoms with Crippen LogP contribution in [0.3, 0.4) is 0 Å². The third-order valence-corrected chi connectivity index (χ3v) is 4.30. The van der Waals surface area contributed by atoms with E-state index in [0.717, 1.165) is 31.0 Å². The SMILES string of the molecule is CC(C)C1CC(NCc2ccccc2CN(C)C)C1. The van der Waals surface area contributed by atoms with Crippen LogP contribution in [0.4, 0.5) is 0 Å². The monoisotopic (exact) mass is 260 g/mol. The lowest BCUT2D eigenvalue weighted by Crippen LogP contribution is -2.42. The van der Waals surface area contributed by atoms with Gasteiger partial charge in [-0.05, 0) is 49.9 Å². The minimum Gasteiger partial charge on any atom is -0.310 e. The van der Waals surface area contributed by atoms with Crippen LogP contribution in [0.15, 0.2) is 24.3 Å². The van der Waals surface area contributed by atoms with Gasteiger partial charge in [0.1, 0.15) is 0 Å². The van der Waals surface area contributed by atoms with Crippen molar-refractivity contribution < 1.29 is 0 Å². The van der Waals surface area contributed by atoms with Crippen LogP contribution in [0, 0.1) is 11.8 Å². The molecule has 1 aliphatic carbocycles. The van der Waals surface area contributed by atoms with Crippen molar-refractivity contribution in [2.75, 3.05) is 14.1 Å². The van der Waals surface area contributed by atoms with Crippen molar-refractivity contribution in [3.05, 3.63) is 35.4 Å². The summed E-state index contributed by atoms with van der Waals surface area (Å²) in [5.41, 5.74) is 2.89. The summed E-state index contributed by atoms with van der Waals surface area (Å²) >= 11 is 0. The van der Waals surface area contributed by atoms with E-state index in [1.165, 1.54) is 24.0 Å². The molecule has 1 saturated carbocycles. The predicted octanol–water partition coefficient (Wildman–Crippen LogP) is 3.27. The molecule has 1 aromatic carbocycles. The minimum absolute atomic E-state index is 0.736. The molecular weight excluding hydrogens is 232 g/mol. The second-order valence-corrected chi connectivity index (χ2v) is 6.56. The topological polar surface area (TPSA) is 15.3 Å². The third kappa shape index (κ3) is 4.05. The summed E-state index contributed by atoms with van der Waals surface area (Å²) in [6.07, 6.45) is 2.71. The number of hydrogen-bond donors (Lipinski definition) is 1. The molecule has 1 N–H and O–H groups in total. The van der Waals surface area contributed by atoms with Crippen LogP contribution in [0.2, 0.25) is 0 Å². The lowest BCUT2D eigenvalue weighted by molar-refractivity contribution is 0.167. The van der Waals surface area contributed by atoms with Crippen LogP contribution in [0.25, 0.3) is 0 Å². The number of rotatable bonds is 6. The fourth-order valence-corrected chi connectivity index (χ4v) is 2.85. The van der Waals surface area contributed by atoms with Crippen molar-refractivity contribution >= 4 is 0 Å². The Labute approximate surface area is 118 Å². The Balaban J connectivity index is 1.83. The zero-order chi connectivity index (χ0) is 13.8. The van der Waals surface area contributed by atoms with Gasteiger partial charge in [0.25, 0.3) is 0 Å². The molecule has 0 amide bonds. The largest absolute Gasteiger partial charge is 0.310 e. The van der Waals surface area contributed by atoms with Gasteiger partial charge in [-0.15, -0.1) is 0 Å². The Bertz CT molecular complexity index is 392. The molecule has 0 bridgehead atoms. The molecule has 19 heavy (non-hydrogen) atoms. The summed E-state index contributed by atoms with van der Waals surface area (Å²) in [6.45, 7) is 6.72. The fourth-order valence-electron chi connectivity index (χ4n) is 2.85. The van der Waals surface area contributed by atoms with Crippen LogP contribution in [-0.4, -0.2) is 25.0 Å². The Hall–Kier alpha value is -0.860. The molecule has 0 unspecified atom stereocenters. The van der Waals surface area contributed by atoms with Crippen molar-refractivity contribution in [3.63, 3.8) is 0 Å². The Kier molecular flexibility index (Phi) is 5.00. The zero-order valence-corrected chi connectivity index (χ0v) is 12.8. The summed E-state index contributed by atoms with van der Waals surface area (Å²) in [4.78, 5) is 2.23. The highest BCUT2D eigenvalue weighted by Crippen LogP contribution is 2.33. The zero-order valence-electron chi connectivity index (χ0n) is 12.8. The number of nitrogens with one attached hydrogen (secondary N) is 1. The van der Waals surface area contributed by atoms with Gasteiger partial charge in [0.2, 0.25) is 0 Å². The average Bonchev–Trinajstić information content (AvgIpc) is 2.27. The first-order chi connectivity index (χ1) is 9.06. The number of benzene rings is 1. The smallest absolute Gasteiger partial charge is 0.0230 e. The van der Waals surface area contributed by atoms with E-state index < -0.39 is 0 Å². The van der Waals surface area contributed by atoms with Crippen molar-refractivity contribution in [1.29, 1.82) is 0 Å². The molecule has 0 aromatic heterocycles. The van der Waals surface area contributed by atoms with Gasteiger partial charge in [0, 0.05) is 19.1 Å². The maximum Gasteiger partial charge on any atom is 0.0230 e. The molecule has 0 heterocycles. The van der Waals surface area contributed by atoms with Gasteiger partial charge in [0.05, 0.1) is 0 Å². The fraction of sp³-hybridized carbons (Fsp3) is 0.647. The second-order valence-electron chi connectivity index (χ2n) is 6.56. The standard InChI is InChI=1S/C17H28N2/c1-13(2)16-9-17(10-16)18-11-14-7-5-6-8-15(14)12-19(3)4/h5-8,13,16-18H,9-12H2,1-4H3. The van der Waals surface area contributed by atoms with E-state index in [9.17, 15) is 0 Å². The molecular formula is C17H28N2. The Morgan fingerprint density at radius 3 is 2.37 bits per heavy atom. The summed E-state index contributed by atoms with van der Waals surface area (Å²) in [7, 11) is 4.26. The van der Waals surface area contributed by atoms with Gasteiger partial charge in [-0.2, -0.15) is 0 Å². The number of nitrogens with zero attached hydrogens (tertiary/aromatic N) is 1. The molecule has 0 radical (unpaired) electrons. The summed E-state index contributed by atoms with van der Waals surface area (Å²) in [5, 5.41) is 3.72. The summed E-state index contributed by atoms with van der Waals surface area (Å²) in [5.74, 6) is 1.79. The van der Waals surface area contributed by atoms with Gasteiger partial charge >= 0.3 is 0 Å². The van der Waals surface area contributed by atoms with Crippen molar-refractivity contribution in [2.45, 2.75) is 45.8 Å². The van der Waals surface area contributed by atoms with Crippen molar-refractivity contribution in [2.24, 2.45) is 11.8 Å². The average molecular weight is 260 g/mol. The van der Waals surface area contributed by atoms with Crippen LogP contribution in [-0.2, 0) is 13.1 Å². The molecule has 0 atom stereocenters. The molecule has 1 aromatic rings. The molecule has 1 fully saturated rings. The quantitative estimate of drug-likeness (QED) is 0.844. The van der Waals surface area contributed by atoms with Crippen molar-refractivity contribution in [1.82, 2.24) is 10.2 Å². The van der Waals surface area contributed by atoms with Gasteiger partial charge in [-0.1, -0.05) is 38.1 Å². The molecule has 2 heteroatoms. The maximum absolute atomic E-state index is 3.72. The van der Waals surface area contributed by atoms with E-state index in [4.69, 9.17) is 0 Å². The van der Waals surface area contributed by atoms with Crippen molar-refractivity contribution in [3.8, 4) is 0 Å². The van der Waals surface area contributed by atoms with Crippen LogP contribution >= 0.6 is 0 Å². The van der Waals surface area contributed by atoms with Crippen LogP contribution < -0.4 is 5.32 Å². The van der Waals surface area contributed by atoms with Crippen LogP contribution in [0.1, 0.15) is 37.8 Å². The molecule has 0 saturated heterocycles. The molecule has 1 aliphatic rings. The lowest BCUT2D eigenvalue weighted by Gasteiger charge is -2.38. The summed E-state index contributed by atoms with van der Waals surface area (Å²) in [6, 6.07) is 9.52. The normalized spacial score (nSPS) is 22.8. The second kappa shape index (κ2) is 6.53. The molecule has 2 nitrogen and oxygen atoms in total. The maximum atomic E-state index is 3.72. The van der Waals surface area contributed by atoms with E-state index in [-0.39, 0.29) is 0 Å². The first-order valence-electron chi connectivity index (χ1n) is 7.51. The highest BCUT2D eigenvalue weighted by atomic mass is 15.0. The Morgan fingerprint density at radius 2 is 1.79 bits per heavy atom. The highest BCUT2D eigenvalue weighted by Gasteiger charge is 2.30. The molecule has 2 rings (SSSR count). The van der Waals surface area contributed by atoms with E-state index in [2.05, 4.69) is 62.4 Å². The van der Waals surface area contributed by atoms with Gasteiger partial charge in [-0.3, -0.25) is 0 Å². The predicted molar refractivity (Wildman–Crippen MR) is 82.0 cm³/mol. The van der Waals surface area contributed by atoms with E-state index >= 15 is 0 Å². The summed E-state index contributed by atoms with van der Waals surface area (Å²) < 4.78 is 0. The first kappa shape index (κ1) is 14.5. The van der Waals surface area contributed by atoms with Crippen LogP contribution in [0.5, 0.6) is 0 Å². The first-order valence-corrected chi connectivity index (χ1v) is 7.51. The Morgan fingerprint density at radius 1 is 1.16 bits per heavy atom. The van der Waals surface area contributed by atoms with Gasteiger partial charge in [-0.25, -0.2) is 0 Å². The molecule has 106 valence electrons. The van der Waals surface area contributed by atoms with Gasteiger partial charge in [0.15, 0.2) is 0 Å². The van der Waals surface area contributed by atoms with E-state index in [1.807, 2.05) is 0 Å². The van der Waals surface area contributed by atoms with E-state index in [0.29, 0.717) is 0 Å². The highest BCUT2D eigenvalue weighted by molar-refractivity contribution is 5.27. The third-order valence-electron chi connectivity index (χ3n) is 4.30.